The second kappa shape index (κ2) is 12.1. The standard InChI is InChI=1S/C27H30F2N4O3S/c1-16(2)17-7-10-19(11-8-17)36-14-25-30-24(15-37-25)26(34)31-22-5-3-4-6-23(22)33-27(35)32-21-12-9-18(28)13-20(21)29/h7-13,15-16,22-23H,3-6,14H2,1-2H3,(H,31,34)(H2,32,33,35)/t22-,23+/m1/s1. The van der Waals surface area contributed by atoms with Crippen LogP contribution in [0.1, 0.15) is 66.5 Å². The maximum Gasteiger partial charge on any atom is 0.319 e. The van der Waals surface area contributed by atoms with E-state index >= 15 is 0 Å². The zero-order valence-corrected chi connectivity index (χ0v) is 21.5. The SMILES string of the molecule is CC(C)c1ccc(OCc2nc(C(=O)N[C@@H]3CCCC[C@@H]3NC(=O)Nc3ccc(F)cc3F)cs2)cc1. The van der Waals surface area contributed by atoms with Gasteiger partial charge in [-0.1, -0.05) is 38.8 Å². The number of thiazole rings is 1. The lowest BCUT2D eigenvalue weighted by Gasteiger charge is -2.32. The van der Waals surface area contributed by atoms with Crippen molar-refractivity contribution in [3.8, 4) is 5.75 Å². The van der Waals surface area contributed by atoms with Gasteiger partial charge in [0.05, 0.1) is 11.7 Å². The Bertz CT molecular complexity index is 1230. The highest BCUT2D eigenvalue weighted by molar-refractivity contribution is 7.09. The van der Waals surface area contributed by atoms with Gasteiger partial charge in [-0.3, -0.25) is 4.79 Å². The average molecular weight is 529 g/mol. The number of halogens is 2. The Hall–Kier alpha value is -3.53. The second-order valence-electron chi connectivity index (χ2n) is 9.33. The number of anilines is 1. The maximum absolute atomic E-state index is 13.9. The van der Waals surface area contributed by atoms with Gasteiger partial charge < -0.3 is 20.7 Å². The van der Waals surface area contributed by atoms with Gasteiger partial charge in [0, 0.05) is 17.5 Å². The molecule has 4 rings (SSSR count). The number of nitrogens with one attached hydrogen (secondary N) is 3. The van der Waals surface area contributed by atoms with E-state index in [9.17, 15) is 18.4 Å². The quantitative estimate of drug-likeness (QED) is 0.335. The second-order valence-corrected chi connectivity index (χ2v) is 10.3. The Labute approximate surface area is 218 Å². The number of aromatic nitrogens is 1. The van der Waals surface area contributed by atoms with Gasteiger partial charge >= 0.3 is 6.03 Å². The minimum Gasteiger partial charge on any atom is -0.486 e. The predicted octanol–water partition coefficient (Wildman–Crippen LogP) is 5.99. The molecule has 1 aliphatic carbocycles. The third-order valence-electron chi connectivity index (χ3n) is 6.27. The highest BCUT2D eigenvalue weighted by Gasteiger charge is 2.29. The Morgan fingerprint density at radius 3 is 2.43 bits per heavy atom. The summed E-state index contributed by atoms with van der Waals surface area (Å²) in [6.45, 7) is 4.52. The van der Waals surface area contributed by atoms with E-state index < -0.39 is 17.7 Å². The summed E-state index contributed by atoms with van der Waals surface area (Å²) in [6.07, 6.45) is 3.14. The van der Waals surface area contributed by atoms with Crippen molar-refractivity contribution < 1.29 is 23.1 Å². The van der Waals surface area contributed by atoms with Crippen molar-refractivity contribution in [3.63, 3.8) is 0 Å². The molecule has 0 saturated heterocycles. The van der Waals surface area contributed by atoms with Crippen LogP contribution >= 0.6 is 11.3 Å². The van der Waals surface area contributed by atoms with Crippen LogP contribution in [0.5, 0.6) is 5.75 Å². The van der Waals surface area contributed by atoms with Gasteiger partial charge in [0.25, 0.3) is 5.91 Å². The number of nitrogens with zero attached hydrogens (tertiary/aromatic N) is 1. The van der Waals surface area contributed by atoms with Crippen LogP contribution in [0.3, 0.4) is 0 Å². The van der Waals surface area contributed by atoms with Crippen LogP contribution in [0.2, 0.25) is 0 Å². The van der Waals surface area contributed by atoms with Crippen LogP contribution in [0.4, 0.5) is 19.3 Å². The number of carbonyl (C=O) groups is 2. The molecule has 10 heteroatoms. The number of benzene rings is 2. The van der Waals surface area contributed by atoms with E-state index in [-0.39, 0.29) is 30.3 Å². The summed E-state index contributed by atoms with van der Waals surface area (Å²) >= 11 is 1.34. The normalized spacial score (nSPS) is 17.3. The lowest BCUT2D eigenvalue weighted by atomic mass is 9.90. The minimum absolute atomic E-state index is 0.122. The number of urea groups is 1. The van der Waals surface area contributed by atoms with E-state index in [0.717, 1.165) is 30.7 Å². The van der Waals surface area contributed by atoms with Gasteiger partial charge in [0.2, 0.25) is 0 Å². The molecule has 37 heavy (non-hydrogen) atoms. The van der Waals surface area contributed by atoms with Crippen LogP contribution in [-0.2, 0) is 6.61 Å². The molecule has 1 saturated carbocycles. The van der Waals surface area contributed by atoms with E-state index in [1.165, 1.54) is 16.9 Å². The summed E-state index contributed by atoms with van der Waals surface area (Å²) in [7, 11) is 0. The highest BCUT2D eigenvalue weighted by Crippen LogP contribution is 2.22. The fraction of sp³-hybridized carbons (Fsp3) is 0.370. The summed E-state index contributed by atoms with van der Waals surface area (Å²) in [5, 5.41) is 10.5. The van der Waals surface area contributed by atoms with Crippen LogP contribution < -0.4 is 20.7 Å². The van der Waals surface area contributed by atoms with Crippen LogP contribution in [-0.4, -0.2) is 29.0 Å². The monoisotopic (exact) mass is 528 g/mol. The molecule has 3 amide bonds. The minimum atomic E-state index is -0.862. The molecule has 3 N–H and O–H groups in total. The molecule has 7 nitrogen and oxygen atoms in total. The Kier molecular flexibility index (Phi) is 8.70. The molecular weight excluding hydrogens is 498 g/mol. The van der Waals surface area contributed by atoms with Crippen molar-refractivity contribution in [1.82, 2.24) is 15.6 Å². The summed E-state index contributed by atoms with van der Waals surface area (Å²) in [5.74, 6) is -0.733. The number of amides is 3. The van der Waals surface area contributed by atoms with Crippen LogP contribution in [0.25, 0.3) is 0 Å². The molecule has 2 aromatic carbocycles. The first-order chi connectivity index (χ1) is 17.8. The Morgan fingerprint density at radius 2 is 1.76 bits per heavy atom. The lowest BCUT2D eigenvalue weighted by Crippen LogP contribution is -2.54. The van der Waals surface area contributed by atoms with Crippen molar-refractivity contribution in [3.05, 3.63) is 75.7 Å². The Morgan fingerprint density at radius 1 is 1.05 bits per heavy atom. The third-order valence-corrected chi connectivity index (χ3v) is 7.09. The van der Waals surface area contributed by atoms with Gasteiger partial charge in [-0.05, 0) is 48.6 Å². The Balaban J connectivity index is 1.30. The molecule has 0 unspecified atom stereocenters. The number of rotatable bonds is 8. The molecule has 0 radical (unpaired) electrons. The third kappa shape index (κ3) is 7.25. The predicted molar refractivity (Wildman–Crippen MR) is 139 cm³/mol. The van der Waals surface area contributed by atoms with Crippen molar-refractivity contribution in [2.45, 2.75) is 64.1 Å². The first kappa shape index (κ1) is 26.5. The lowest BCUT2D eigenvalue weighted by molar-refractivity contribution is 0.0911. The van der Waals surface area contributed by atoms with Crippen LogP contribution in [0.15, 0.2) is 47.8 Å². The van der Waals surface area contributed by atoms with E-state index in [2.05, 4.69) is 34.8 Å². The van der Waals surface area contributed by atoms with Crippen molar-refractivity contribution in [2.24, 2.45) is 0 Å². The molecule has 0 spiro atoms. The maximum atomic E-state index is 13.9. The van der Waals surface area contributed by atoms with E-state index in [1.807, 2.05) is 24.3 Å². The zero-order chi connectivity index (χ0) is 26.4. The van der Waals surface area contributed by atoms with Gasteiger partial charge in [0.15, 0.2) is 0 Å². The summed E-state index contributed by atoms with van der Waals surface area (Å²) < 4.78 is 32.8. The zero-order valence-electron chi connectivity index (χ0n) is 20.7. The topological polar surface area (TPSA) is 92.3 Å². The number of ether oxygens (including phenoxy) is 1. The first-order valence-electron chi connectivity index (χ1n) is 12.3. The number of hydrogen-bond acceptors (Lipinski definition) is 5. The fourth-order valence-corrected chi connectivity index (χ4v) is 4.90. The largest absolute Gasteiger partial charge is 0.486 e. The van der Waals surface area contributed by atoms with Crippen molar-refractivity contribution >= 4 is 29.0 Å². The van der Waals surface area contributed by atoms with Gasteiger partial charge in [-0.15, -0.1) is 11.3 Å². The summed E-state index contributed by atoms with van der Waals surface area (Å²) in [6, 6.07) is 9.59. The molecule has 1 heterocycles. The molecular formula is C27H30F2N4O3S. The van der Waals surface area contributed by atoms with E-state index in [0.29, 0.717) is 35.5 Å². The summed E-state index contributed by atoms with van der Waals surface area (Å²) in [4.78, 5) is 29.7. The molecule has 1 aliphatic rings. The van der Waals surface area contributed by atoms with Gasteiger partial charge in [-0.2, -0.15) is 0 Å². The van der Waals surface area contributed by atoms with Crippen molar-refractivity contribution in [1.29, 1.82) is 0 Å². The molecule has 1 fully saturated rings. The highest BCUT2D eigenvalue weighted by atomic mass is 32.1. The van der Waals surface area contributed by atoms with E-state index in [4.69, 9.17) is 4.74 Å². The number of hydrogen-bond donors (Lipinski definition) is 3. The molecule has 3 aromatic rings. The van der Waals surface area contributed by atoms with E-state index in [1.54, 1.807) is 5.38 Å². The molecule has 1 aromatic heterocycles. The molecule has 0 aliphatic heterocycles. The van der Waals surface area contributed by atoms with Crippen molar-refractivity contribution in [2.75, 3.05) is 5.32 Å². The smallest absolute Gasteiger partial charge is 0.319 e. The van der Waals surface area contributed by atoms with Crippen LogP contribution in [0, 0.1) is 11.6 Å². The van der Waals surface area contributed by atoms with Gasteiger partial charge in [-0.25, -0.2) is 18.6 Å². The molecule has 0 bridgehead atoms. The number of carbonyl (C=O) groups excluding carboxylic acids is 2. The molecule has 196 valence electrons. The first-order valence-corrected chi connectivity index (χ1v) is 13.2. The molecule has 2 atom stereocenters. The fourth-order valence-electron chi connectivity index (χ4n) is 4.21. The van der Waals surface area contributed by atoms with Gasteiger partial charge in [0.1, 0.15) is 34.7 Å². The average Bonchev–Trinajstić information content (AvgIpc) is 3.35. The summed E-state index contributed by atoms with van der Waals surface area (Å²) in [5.41, 5.74) is 1.40.